The molecule has 0 spiro atoms. The summed E-state index contributed by atoms with van der Waals surface area (Å²) >= 11 is 0. The van der Waals surface area contributed by atoms with Crippen molar-refractivity contribution in [1.82, 2.24) is 5.43 Å². The highest BCUT2D eigenvalue weighted by atomic mass is 16.2. The molecular weight excluding hydrogens is 224 g/mol. The molecule has 0 aliphatic heterocycles. The van der Waals surface area contributed by atoms with Crippen LogP contribution >= 0.6 is 0 Å². The lowest BCUT2D eigenvalue weighted by atomic mass is 9.99. The van der Waals surface area contributed by atoms with E-state index >= 15 is 0 Å². The van der Waals surface area contributed by atoms with Gasteiger partial charge in [-0.25, -0.2) is 5.43 Å². The van der Waals surface area contributed by atoms with Gasteiger partial charge < -0.3 is 0 Å². The first kappa shape index (κ1) is 12.8. The SMILES string of the molecule is Cc1ccc(C(=O)NN=C2CCCCC2)cc1C. The molecule has 1 N–H and O–H groups in total. The van der Waals surface area contributed by atoms with Crippen LogP contribution in [-0.4, -0.2) is 11.6 Å². The Morgan fingerprint density at radius 3 is 2.50 bits per heavy atom. The Balaban J connectivity index is 2.00. The van der Waals surface area contributed by atoms with Crippen molar-refractivity contribution in [3.8, 4) is 0 Å². The maximum atomic E-state index is 11.9. The summed E-state index contributed by atoms with van der Waals surface area (Å²) in [7, 11) is 0. The van der Waals surface area contributed by atoms with Crippen molar-refractivity contribution >= 4 is 11.6 Å². The maximum Gasteiger partial charge on any atom is 0.271 e. The highest BCUT2D eigenvalue weighted by Gasteiger charge is 2.09. The first-order chi connectivity index (χ1) is 8.66. The highest BCUT2D eigenvalue weighted by Crippen LogP contribution is 2.14. The summed E-state index contributed by atoms with van der Waals surface area (Å²) in [4.78, 5) is 11.9. The van der Waals surface area contributed by atoms with Gasteiger partial charge in [0.25, 0.3) is 5.91 Å². The minimum Gasteiger partial charge on any atom is -0.267 e. The molecule has 1 aromatic rings. The van der Waals surface area contributed by atoms with Gasteiger partial charge in [-0.2, -0.15) is 5.10 Å². The quantitative estimate of drug-likeness (QED) is 0.796. The Morgan fingerprint density at radius 1 is 1.11 bits per heavy atom. The summed E-state index contributed by atoms with van der Waals surface area (Å²) in [6.07, 6.45) is 5.71. The topological polar surface area (TPSA) is 41.5 Å². The van der Waals surface area contributed by atoms with Crippen molar-refractivity contribution in [3.05, 3.63) is 34.9 Å². The number of aryl methyl sites for hydroxylation is 2. The van der Waals surface area contributed by atoms with Gasteiger partial charge in [-0.15, -0.1) is 0 Å². The Morgan fingerprint density at radius 2 is 1.83 bits per heavy atom. The molecule has 0 aromatic heterocycles. The summed E-state index contributed by atoms with van der Waals surface area (Å²) < 4.78 is 0. The first-order valence-electron chi connectivity index (χ1n) is 6.60. The Kier molecular flexibility index (Phi) is 4.13. The average molecular weight is 244 g/mol. The molecule has 3 nitrogen and oxygen atoms in total. The third kappa shape index (κ3) is 3.19. The van der Waals surface area contributed by atoms with E-state index in [1.807, 2.05) is 32.0 Å². The number of hydrogen-bond acceptors (Lipinski definition) is 2. The zero-order valence-corrected chi connectivity index (χ0v) is 11.1. The fourth-order valence-corrected chi connectivity index (χ4v) is 2.15. The molecule has 0 saturated heterocycles. The van der Waals surface area contributed by atoms with Crippen LogP contribution in [0.2, 0.25) is 0 Å². The third-order valence-electron chi connectivity index (χ3n) is 3.52. The monoisotopic (exact) mass is 244 g/mol. The van der Waals surface area contributed by atoms with Gasteiger partial charge in [-0.05, 0) is 62.8 Å². The van der Waals surface area contributed by atoms with E-state index in [2.05, 4.69) is 10.5 Å². The molecule has 0 unspecified atom stereocenters. The van der Waals surface area contributed by atoms with E-state index in [4.69, 9.17) is 0 Å². The van der Waals surface area contributed by atoms with Crippen LogP contribution in [-0.2, 0) is 0 Å². The van der Waals surface area contributed by atoms with E-state index in [1.165, 1.54) is 24.8 Å². The molecule has 2 rings (SSSR count). The number of carbonyl (C=O) groups excluding carboxylic acids is 1. The third-order valence-corrected chi connectivity index (χ3v) is 3.52. The molecule has 18 heavy (non-hydrogen) atoms. The van der Waals surface area contributed by atoms with Crippen molar-refractivity contribution < 1.29 is 4.79 Å². The van der Waals surface area contributed by atoms with Crippen LogP contribution < -0.4 is 5.43 Å². The second-order valence-electron chi connectivity index (χ2n) is 4.98. The summed E-state index contributed by atoms with van der Waals surface area (Å²) in [5.41, 5.74) is 6.80. The van der Waals surface area contributed by atoms with Gasteiger partial charge in [-0.3, -0.25) is 4.79 Å². The van der Waals surface area contributed by atoms with Crippen molar-refractivity contribution in [1.29, 1.82) is 0 Å². The van der Waals surface area contributed by atoms with Gasteiger partial charge in [0.1, 0.15) is 0 Å². The molecular formula is C15H20N2O. The van der Waals surface area contributed by atoms with E-state index in [-0.39, 0.29) is 5.91 Å². The van der Waals surface area contributed by atoms with Crippen molar-refractivity contribution in [3.63, 3.8) is 0 Å². The average Bonchev–Trinajstić information content (AvgIpc) is 2.40. The molecule has 1 saturated carbocycles. The van der Waals surface area contributed by atoms with Gasteiger partial charge in [0, 0.05) is 11.3 Å². The lowest BCUT2D eigenvalue weighted by Crippen LogP contribution is -2.20. The van der Waals surface area contributed by atoms with E-state index in [0.717, 1.165) is 24.1 Å². The van der Waals surface area contributed by atoms with Crippen LogP contribution in [0.1, 0.15) is 53.6 Å². The molecule has 0 atom stereocenters. The minimum atomic E-state index is -0.115. The van der Waals surface area contributed by atoms with E-state index < -0.39 is 0 Å². The van der Waals surface area contributed by atoms with Crippen LogP contribution in [0.5, 0.6) is 0 Å². The number of carbonyl (C=O) groups is 1. The fourth-order valence-electron chi connectivity index (χ4n) is 2.15. The summed E-state index contributed by atoms with van der Waals surface area (Å²) in [6.45, 7) is 4.05. The summed E-state index contributed by atoms with van der Waals surface area (Å²) in [5, 5.41) is 4.23. The van der Waals surface area contributed by atoms with Crippen LogP contribution in [0.25, 0.3) is 0 Å². The second kappa shape index (κ2) is 5.80. The normalized spacial score (nSPS) is 15.3. The van der Waals surface area contributed by atoms with Gasteiger partial charge in [0.15, 0.2) is 0 Å². The molecule has 96 valence electrons. The smallest absolute Gasteiger partial charge is 0.267 e. The van der Waals surface area contributed by atoms with Crippen LogP contribution in [0, 0.1) is 13.8 Å². The Labute approximate surface area is 108 Å². The number of nitrogens with zero attached hydrogens (tertiary/aromatic N) is 1. The van der Waals surface area contributed by atoms with Crippen molar-refractivity contribution in [2.75, 3.05) is 0 Å². The molecule has 1 aliphatic carbocycles. The Hall–Kier alpha value is -1.64. The van der Waals surface area contributed by atoms with Crippen LogP contribution in [0.4, 0.5) is 0 Å². The molecule has 1 amide bonds. The number of amides is 1. The molecule has 0 bridgehead atoms. The van der Waals surface area contributed by atoms with Gasteiger partial charge in [0.2, 0.25) is 0 Å². The molecule has 1 aliphatic rings. The van der Waals surface area contributed by atoms with E-state index in [0.29, 0.717) is 5.56 Å². The summed E-state index contributed by atoms with van der Waals surface area (Å²) in [5.74, 6) is -0.115. The van der Waals surface area contributed by atoms with Gasteiger partial charge in [0.05, 0.1) is 0 Å². The zero-order valence-electron chi connectivity index (χ0n) is 11.1. The standard InChI is InChI=1S/C15H20N2O/c1-11-8-9-13(10-12(11)2)15(18)17-16-14-6-4-3-5-7-14/h8-10H,3-7H2,1-2H3,(H,17,18). The lowest BCUT2D eigenvalue weighted by Gasteiger charge is -2.12. The number of rotatable bonds is 2. The van der Waals surface area contributed by atoms with E-state index in [1.54, 1.807) is 0 Å². The molecule has 3 heteroatoms. The molecule has 0 radical (unpaired) electrons. The van der Waals surface area contributed by atoms with Crippen molar-refractivity contribution in [2.45, 2.75) is 46.0 Å². The number of nitrogens with one attached hydrogen (secondary N) is 1. The zero-order chi connectivity index (χ0) is 13.0. The van der Waals surface area contributed by atoms with Gasteiger partial charge >= 0.3 is 0 Å². The largest absolute Gasteiger partial charge is 0.271 e. The second-order valence-corrected chi connectivity index (χ2v) is 4.98. The fraction of sp³-hybridized carbons (Fsp3) is 0.467. The van der Waals surface area contributed by atoms with Crippen LogP contribution in [0.15, 0.2) is 23.3 Å². The number of hydrazone groups is 1. The summed E-state index contributed by atoms with van der Waals surface area (Å²) in [6, 6.07) is 5.72. The van der Waals surface area contributed by atoms with E-state index in [9.17, 15) is 4.79 Å². The molecule has 1 aromatic carbocycles. The highest BCUT2D eigenvalue weighted by molar-refractivity contribution is 5.95. The Bertz CT molecular complexity index is 469. The van der Waals surface area contributed by atoms with Gasteiger partial charge in [-0.1, -0.05) is 12.5 Å². The number of benzene rings is 1. The maximum absolute atomic E-state index is 11.9. The lowest BCUT2D eigenvalue weighted by molar-refractivity contribution is 0.0954. The first-order valence-corrected chi connectivity index (χ1v) is 6.60. The predicted octanol–water partition coefficient (Wildman–Crippen LogP) is 3.35. The van der Waals surface area contributed by atoms with Crippen molar-refractivity contribution in [2.24, 2.45) is 5.10 Å². The van der Waals surface area contributed by atoms with Crippen LogP contribution in [0.3, 0.4) is 0 Å². The number of hydrogen-bond donors (Lipinski definition) is 1. The minimum absolute atomic E-state index is 0.115. The molecule has 1 fully saturated rings. The molecule has 0 heterocycles. The predicted molar refractivity (Wildman–Crippen MR) is 73.9 cm³/mol.